The summed E-state index contributed by atoms with van der Waals surface area (Å²) in [5.41, 5.74) is 0.152. The Morgan fingerprint density at radius 1 is 1.13 bits per heavy atom. The highest BCUT2D eigenvalue weighted by Crippen LogP contribution is 2.38. The van der Waals surface area contributed by atoms with E-state index in [-0.39, 0.29) is 58.2 Å². The first-order valence-corrected chi connectivity index (χ1v) is 11.8. The van der Waals surface area contributed by atoms with Crippen LogP contribution in [0.2, 0.25) is 5.02 Å². The lowest BCUT2D eigenvalue weighted by molar-refractivity contribution is -0.120. The summed E-state index contributed by atoms with van der Waals surface area (Å²) in [6.07, 6.45) is 0.346. The number of sulfonamides is 1. The van der Waals surface area contributed by atoms with Crippen molar-refractivity contribution in [3.05, 3.63) is 53.1 Å². The van der Waals surface area contributed by atoms with E-state index in [0.29, 0.717) is 6.07 Å². The van der Waals surface area contributed by atoms with Crippen molar-refractivity contribution in [2.24, 2.45) is 5.92 Å². The number of carbonyl (C=O) groups is 1. The third-order valence-electron chi connectivity index (χ3n) is 4.79. The third kappa shape index (κ3) is 5.51. The lowest BCUT2D eigenvalue weighted by Crippen LogP contribution is -2.41. The summed E-state index contributed by atoms with van der Waals surface area (Å²) in [7, 11) is -4.04. The van der Waals surface area contributed by atoms with Crippen molar-refractivity contribution in [3.63, 3.8) is 0 Å². The fourth-order valence-electron chi connectivity index (χ4n) is 3.20. The monoisotopic (exact) mass is 496 g/mol. The highest BCUT2D eigenvalue weighted by atomic mass is 35.5. The number of alkyl halides is 2. The van der Waals surface area contributed by atoms with Crippen LogP contribution in [-0.2, 0) is 14.8 Å². The van der Waals surface area contributed by atoms with Crippen molar-refractivity contribution in [1.82, 2.24) is 4.31 Å². The van der Waals surface area contributed by atoms with Gasteiger partial charge in [-0.15, -0.1) is 0 Å². The van der Waals surface area contributed by atoms with Crippen molar-refractivity contribution < 1.29 is 30.8 Å². The summed E-state index contributed by atoms with van der Waals surface area (Å²) >= 11 is 6.18. The molecule has 168 valence electrons. The van der Waals surface area contributed by atoms with E-state index >= 15 is 0 Å². The molecule has 1 heterocycles. The van der Waals surface area contributed by atoms with Crippen molar-refractivity contribution >= 4 is 45.0 Å². The maximum Gasteiger partial charge on any atom is 0.289 e. The fourth-order valence-corrected chi connectivity index (χ4v) is 5.59. The molecule has 0 radical (unpaired) electrons. The molecule has 1 fully saturated rings. The molecule has 0 unspecified atom stereocenters. The number of nitrogens with one attached hydrogen (secondary N) is 1. The van der Waals surface area contributed by atoms with E-state index in [2.05, 4.69) is 5.32 Å². The molecule has 1 amide bonds. The number of thioether (sulfide) groups is 1. The van der Waals surface area contributed by atoms with E-state index in [9.17, 15) is 30.8 Å². The number of piperidine rings is 1. The third-order valence-corrected chi connectivity index (χ3v) is 7.96. The predicted molar refractivity (Wildman–Crippen MR) is 110 cm³/mol. The minimum absolute atomic E-state index is 0.00635. The average molecular weight is 497 g/mol. The molecular formula is C19H17ClF4N2O3S2. The quantitative estimate of drug-likeness (QED) is 0.453. The highest BCUT2D eigenvalue weighted by Gasteiger charge is 2.33. The largest absolute Gasteiger partial charge is 0.325 e. The maximum absolute atomic E-state index is 13.4. The molecule has 0 spiro atoms. The summed E-state index contributed by atoms with van der Waals surface area (Å²) < 4.78 is 78.5. The van der Waals surface area contributed by atoms with Gasteiger partial charge in [0.25, 0.3) is 5.76 Å². The lowest BCUT2D eigenvalue weighted by atomic mass is 9.97. The molecule has 12 heteroatoms. The summed E-state index contributed by atoms with van der Waals surface area (Å²) in [5, 5.41) is 2.67. The summed E-state index contributed by atoms with van der Waals surface area (Å²) in [5.74, 6) is -6.14. The second-order valence-corrected chi connectivity index (χ2v) is 10.1. The molecule has 3 rings (SSSR count). The summed E-state index contributed by atoms with van der Waals surface area (Å²) in [6.45, 7) is -0.0127. The molecular weight excluding hydrogens is 480 g/mol. The van der Waals surface area contributed by atoms with Crippen LogP contribution in [0.1, 0.15) is 12.8 Å². The van der Waals surface area contributed by atoms with Gasteiger partial charge in [-0.1, -0.05) is 29.4 Å². The van der Waals surface area contributed by atoms with Crippen LogP contribution in [-0.4, -0.2) is 37.5 Å². The van der Waals surface area contributed by atoms with E-state index in [4.69, 9.17) is 11.6 Å². The van der Waals surface area contributed by atoms with Gasteiger partial charge in [-0.05, 0) is 43.2 Å². The predicted octanol–water partition coefficient (Wildman–Crippen LogP) is 4.97. The molecule has 0 saturated carbocycles. The molecule has 1 aliphatic heterocycles. The van der Waals surface area contributed by atoms with Crippen LogP contribution in [0.15, 0.2) is 46.2 Å². The zero-order valence-corrected chi connectivity index (χ0v) is 18.2. The number of amides is 1. The smallest absolute Gasteiger partial charge is 0.289 e. The Morgan fingerprint density at radius 2 is 1.81 bits per heavy atom. The lowest BCUT2D eigenvalue weighted by Gasteiger charge is -2.30. The molecule has 0 aromatic heterocycles. The number of halogens is 5. The van der Waals surface area contributed by atoms with Gasteiger partial charge in [0.1, 0.15) is 0 Å². The highest BCUT2D eigenvalue weighted by molar-refractivity contribution is 7.99. The van der Waals surface area contributed by atoms with E-state index in [1.165, 1.54) is 18.2 Å². The SMILES string of the molecule is O=C(Nc1cccc(Cl)c1SC(F)F)C1CCN(S(=O)(=O)c2ccc(F)c(F)c2)CC1. The first kappa shape index (κ1) is 23.8. The van der Waals surface area contributed by atoms with E-state index < -0.39 is 39.2 Å². The average Bonchev–Trinajstić information content (AvgIpc) is 2.72. The Labute approximate surface area is 185 Å². The number of hydrogen-bond acceptors (Lipinski definition) is 4. The Morgan fingerprint density at radius 3 is 2.42 bits per heavy atom. The molecule has 2 aromatic rings. The zero-order chi connectivity index (χ0) is 22.8. The van der Waals surface area contributed by atoms with E-state index in [0.717, 1.165) is 16.4 Å². The first-order chi connectivity index (χ1) is 14.6. The van der Waals surface area contributed by atoms with Crippen LogP contribution in [0.3, 0.4) is 0 Å². The second kappa shape index (κ2) is 9.76. The second-order valence-electron chi connectivity index (χ2n) is 6.74. The van der Waals surface area contributed by atoms with Crippen LogP contribution in [0.25, 0.3) is 0 Å². The standard InChI is InChI=1S/C19H17ClF4N2O3S2/c20-13-2-1-3-16(17(13)30-19(23)24)25-18(27)11-6-8-26(9-7-11)31(28,29)12-4-5-14(21)15(22)10-12/h1-5,10-11,19H,6-9H2,(H,25,27). The van der Waals surface area contributed by atoms with Crippen molar-refractivity contribution in [2.75, 3.05) is 18.4 Å². The Hall–Kier alpha value is -1.82. The van der Waals surface area contributed by atoms with Crippen LogP contribution in [0.4, 0.5) is 23.2 Å². The summed E-state index contributed by atoms with van der Waals surface area (Å²) in [4.78, 5) is 12.3. The normalized spacial score (nSPS) is 15.9. The Bertz CT molecular complexity index is 1080. The van der Waals surface area contributed by atoms with Crippen molar-refractivity contribution in [3.8, 4) is 0 Å². The number of hydrogen-bond donors (Lipinski definition) is 1. The Balaban J connectivity index is 1.67. The fraction of sp³-hybridized carbons (Fsp3) is 0.316. The van der Waals surface area contributed by atoms with Gasteiger partial charge in [0, 0.05) is 19.0 Å². The van der Waals surface area contributed by atoms with Crippen LogP contribution in [0.5, 0.6) is 0 Å². The van der Waals surface area contributed by atoms with Crippen LogP contribution >= 0.6 is 23.4 Å². The van der Waals surface area contributed by atoms with Gasteiger partial charge in [0.2, 0.25) is 15.9 Å². The molecule has 1 aliphatic rings. The molecule has 0 atom stereocenters. The van der Waals surface area contributed by atoms with Gasteiger partial charge in [-0.2, -0.15) is 13.1 Å². The van der Waals surface area contributed by atoms with E-state index in [1.54, 1.807) is 0 Å². The van der Waals surface area contributed by atoms with Crippen molar-refractivity contribution in [2.45, 2.75) is 28.4 Å². The number of carbonyl (C=O) groups excluding carboxylic acids is 1. The van der Waals surface area contributed by atoms with Crippen LogP contribution in [0, 0.1) is 17.6 Å². The van der Waals surface area contributed by atoms with Gasteiger partial charge in [0.05, 0.1) is 20.5 Å². The van der Waals surface area contributed by atoms with Gasteiger partial charge >= 0.3 is 0 Å². The van der Waals surface area contributed by atoms with Crippen LogP contribution < -0.4 is 5.32 Å². The van der Waals surface area contributed by atoms with Gasteiger partial charge < -0.3 is 5.32 Å². The summed E-state index contributed by atoms with van der Waals surface area (Å²) in [6, 6.07) is 6.74. The number of anilines is 1. The molecule has 5 nitrogen and oxygen atoms in total. The molecule has 1 saturated heterocycles. The number of rotatable bonds is 6. The molecule has 31 heavy (non-hydrogen) atoms. The molecule has 1 N–H and O–H groups in total. The maximum atomic E-state index is 13.4. The number of benzene rings is 2. The first-order valence-electron chi connectivity index (χ1n) is 9.09. The minimum atomic E-state index is -4.04. The molecule has 0 bridgehead atoms. The zero-order valence-electron chi connectivity index (χ0n) is 15.8. The van der Waals surface area contributed by atoms with Gasteiger partial charge in [0.15, 0.2) is 11.6 Å². The van der Waals surface area contributed by atoms with Gasteiger partial charge in [-0.25, -0.2) is 17.2 Å². The Kier molecular flexibility index (Phi) is 7.51. The minimum Gasteiger partial charge on any atom is -0.325 e. The number of nitrogens with zero attached hydrogens (tertiary/aromatic N) is 1. The molecule has 2 aromatic carbocycles. The van der Waals surface area contributed by atoms with E-state index in [1.807, 2.05) is 0 Å². The van der Waals surface area contributed by atoms with Crippen molar-refractivity contribution in [1.29, 1.82) is 0 Å². The van der Waals surface area contributed by atoms with Gasteiger partial charge in [-0.3, -0.25) is 4.79 Å². The molecule has 0 aliphatic carbocycles. The topological polar surface area (TPSA) is 66.5 Å².